The maximum absolute atomic E-state index is 13.1. The molecule has 1 aromatic heterocycles. The highest BCUT2D eigenvalue weighted by atomic mass is 16.5. The molecule has 2 bridgehead atoms. The van der Waals surface area contributed by atoms with Crippen molar-refractivity contribution in [3.05, 3.63) is 41.5 Å². The number of amides is 2. The molecule has 2 aliphatic rings. The molecule has 142 valence electrons. The number of para-hydroxylation sites is 1. The zero-order valence-corrected chi connectivity index (χ0v) is 15.3. The zero-order valence-electron chi connectivity index (χ0n) is 15.3. The highest BCUT2D eigenvalue weighted by Gasteiger charge is 2.55. The molecule has 2 amide bonds. The predicted octanol–water partition coefficient (Wildman–Crippen LogP) is 1.54. The number of rotatable bonds is 5. The lowest BCUT2D eigenvalue weighted by atomic mass is 9.73. The van der Waals surface area contributed by atoms with Gasteiger partial charge in [0.05, 0.1) is 0 Å². The van der Waals surface area contributed by atoms with Crippen molar-refractivity contribution in [3.8, 4) is 5.75 Å². The molecule has 3 heterocycles. The number of piperidine rings is 1. The first-order valence-corrected chi connectivity index (χ1v) is 9.07. The first-order chi connectivity index (χ1) is 12.9. The molecule has 4 rings (SSSR count). The molecular weight excluding hydrogens is 348 g/mol. The third kappa shape index (κ3) is 2.94. The first-order valence-electron chi connectivity index (χ1n) is 9.07. The normalized spacial score (nSPS) is 26.4. The van der Waals surface area contributed by atoms with E-state index >= 15 is 0 Å². The van der Waals surface area contributed by atoms with Crippen molar-refractivity contribution in [2.45, 2.75) is 44.8 Å². The molecule has 3 atom stereocenters. The van der Waals surface area contributed by atoms with E-state index in [0.717, 1.165) is 5.56 Å². The van der Waals surface area contributed by atoms with Gasteiger partial charge in [-0.25, -0.2) is 0 Å². The van der Waals surface area contributed by atoms with E-state index in [4.69, 9.17) is 15.0 Å². The van der Waals surface area contributed by atoms with E-state index < -0.39 is 17.6 Å². The van der Waals surface area contributed by atoms with Gasteiger partial charge >= 0.3 is 0 Å². The number of fused-ring (bicyclic) bond motifs is 4. The third-order valence-corrected chi connectivity index (χ3v) is 5.40. The van der Waals surface area contributed by atoms with Gasteiger partial charge in [0, 0.05) is 25.3 Å². The van der Waals surface area contributed by atoms with Crippen LogP contribution in [-0.2, 0) is 16.0 Å². The Kier molecular flexibility index (Phi) is 4.13. The van der Waals surface area contributed by atoms with Crippen LogP contribution in [0.25, 0.3) is 0 Å². The van der Waals surface area contributed by atoms with E-state index in [0.29, 0.717) is 43.3 Å². The number of carbonyl (C=O) groups is 2. The van der Waals surface area contributed by atoms with E-state index in [9.17, 15) is 9.59 Å². The fourth-order valence-electron chi connectivity index (χ4n) is 4.21. The molecule has 2 aromatic rings. The molecule has 0 aliphatic carbocycles. The van der Waals surface area contributed by atoms with Crippen LogP contribution in [0.4, 0.5) is 0 Å². The lowest BCUT2D eigenvalue weighted by Gasteiger charge is -2.52. The molecule has 0 saturated carbocycles. The second-order valence-electron chi connectivity index (χ2n) is 7.33. The van der Waals surface area contributed by atoms with Gasteiger partial charge in [0.1, 0.15) is 11.7 Å². The number of nitrogens with zero attached hydrogens (tertiary/aromatic N) is 3. The summed E-state index contributed by atoms with van der Waals surface area (Å²) < 4.78 is 11.3. The summed E-state index contributed by atoms with van der Waals surface area (Å²) in [5.41, 5.74) is 5.67. The van der Waals surface area contributed by atoms with E-state index in [-0.39, 0.29) is 11.8 Å². The van der Waals surface area contributed by atoms with Crippen molar-refractivity contribution < 1.29 is 18.8 Å². The molecule has 8 heteroatoms. The Labute approximate surface area is 156 Å². The number of ether oxygens (including phenoxy) is 1. The van der Waals surface area contributed by atoms with Crippen LogP contribution in [0.1, 0.15) is 43.0 Å². The number of aromatic nitrogens is 2. The molecule has 1 fully saturated rings. The molecule has 0 radical (unpaired) electrons. The highest BCUT2D eigenvalue weighted by molar-refractivity contribution is 6.01. The second-order valence-corrected chi connectivity index (χ2v) is 7.33. The lowest BCUT2D eigenvalue weighted by molar-refractivity contribution is -0.175. The summed E-state index contributed by atoms with van der Waals surface area (Å²) >= 11 is 0. The Bertz CT molecular complexity index is 895. The molecule has 2 N–H and O–H groups in total. The van der Waals surface area contributed by atoms with Gasteiger partial charge in [-0.05, 0) is 31.9 Å². The van der Waals surface area contributed by atoms with Crippen LogP contribution >= 0.6 is 0 Å². The fraction of sp³-hybridized carbons (Fsp3) is 0.474. The number of primary amides is 1. The number of aryl methyl sites for hydroxylation is 2. The van der Waals surface area contributed by atoms with Gasteiger partial charge < -0.3 is 19.9 Å². The van der Waals surface area contributed by atoms with Crippen molar-refractivity contribution in [1.82, 2.24) is 15.0 Å². The van der Waals surface area contributed by atoms with Gasteiger partial charge in [-0.2, -0.15) is 4.98 Å². The monoisotopic (exact) mass is 370 g/mol. The van der Waals surface area contributed by atoms with Gasteiger partial charge in [0.2, 0.25) is 17.7 Å². The van der Waals surface area contributed by atoms with E-state index in [1.807, 2.05) is 31.2 Å². The fourth-order valence-corrected chi connectivity index (χ4v) is 4.21. The molecular formula is C19H22N4O4. The van der Waals surface area contributed by atoms with E-state index in [1.54, 1.807) is 11.8 Å². The predicted molar refractivity (Wildman–Crippen MR) is 94.6 cm³/mol. The minimum Gasteiger partial charge on any atom is -0.468 e. The molecule has 0 unspecified atom stereocenters. The van der Waals surface area contributed by atoms with Gasteiger partial charge in [-0.1, -0.05) is 23.4 Å². The van der Waals surface area contributed by atoms with Gasteiger partial charge in [0.15, 0.2) is 11.5 Å². The Morgan fingerprint density at radius 2 is 2.19 bits per heavy atom. The maximum atomic E-state index is 13.1. The van der Waals surface area contributed by atoms with Crippen LogP contribution in [0.15, 0.2) is 28.8 Å². The SMILES string of the molecule is Cc1noc(CCCN2C(=O)[C@@H](C(N)=O)[C@H]3C[C@@]2(C)Oc2ccccc23)n1. The Morgan fingerprint density at radius 3 is 2.89 bits per heavy atom. The van der Waals surface area contributed by atoms with Crippen molar-refractivity contribution in [2.24, 2.45) is 11.7 Å². The second kappa shape index (κ2) is 6.37. The average molecular weight is 370 g/mol. The molecule has 8 nitrogen and oxygen atoms in total. The van der Waals surface area contributed by atoms with E-state index in [1.165, 1.54) is 0 Å². The number of hydrogen-bond donors (Lipinski definition) is 1. The topological polar surface area (TPSA) is 112 Å². The minimum absolute atomic E-state index is 0.264. The summed E-state index contributed by atoms with van der Waals surface area (Å²) in [5.74, 6) is -0.212. The van der Waals surface area contributed by atoms with Crippen molar-refractivity contribution in [1.29, 1.82) is 0 Å². The largest absolute Gasteiger partial charge is 0.468 e. The number of hydrogen-bond acceptors (Lipinski definition) is 6. The third-order valence-electron chi connectivity index (χ3n) is 5.40. The van der Waals surface area contributed by atoms with Gasteiger partial charge in [0.25, 0.3) is 0 Å². The summed E-state index contributed by atoms with van der Waals surface area (Å²) in [6.07, 6.45) is 1.69. The quantitative estimate of drug-likeness (QED) is 0.799. The van der Waals surface area contributed by atoms with Gasteiger partial charge in [-0.3, -0.25) is 9.59 Å². The van der Waals surface area contributed by atoms with Crippen LogP contribution < -0.4 is 10.5 Å². The number of nitrogens with two attached hydrogens (primary N) is 1. The lowest BCUT2D eigenvalue weighted by Crippen LogP contribution is -2.64. The van der Waals surface area contributed by atoms with Crippen molar-refractivity contribution in [3.63, 3.8) is 0 Å². The molecule has 1 aromatic carbocycles. The number of likely N-dealkylation sites (tertiary alicyclic amines) is 1. The zero-order chi connectivity index (χ0) is 19.2. The number of benzene rings is 1. The van der Waals surface area contributed by atoms with Crippen molar-refractivity contribution >= 4 is 11.8 Å². The van der Waals surface area contributed by atoms with Gasteiger partial charge in [-0.15, -0.1) is 0 Å². The molecule has 0 spiro atoms. The Balaban J connectivity index is 1.60. The van der Waals surface area contributed by atoms with Crippen LogP contribution in [0.3, 0.4) is 0 Å². The molecule has 27 heavy (non-hydrogen) atoms. The summed E-state index contributed by atoms with van der Waals surface area (Å²) in [6.45, 7) is 4.06. The summed E-state index contributed by atoms with van der Waals surface area (Å²) in [5, 5.41) is 3.77. The maximum Gasteiger partial charge on any atom is 0.238 e. The Hall–Kier alpha value is -2.90. The average Bonchev–Trinajstić information content (AvgIpc) is 3.02. The molecule has 2 aliphatic heterocycles. The van der Waals surface area contributed by atoms with Crippen LogP contribution in [-0.4, -0.2) is 39.1 Å². The summed E-state index contributed by atoms with van der Waals surface area (Å²) in [7, 11) is 0. The van der Waals surface area contributed by atoms with E-state index in [2.05, 4.69) is 10.1 Å². The molecule has 1 saturated heterocycles. The summed E-state index contributed by atoms with van der Waals surface area (Å²) in [4.78, 5) is 31.1. The van der Waals surface area contributed by atoms with Crippen LogP contribution in [0.2, 0.25) is 0 Å². The highest BCUT2D eigenvalue weighted by Crippen LogP contribution is 2.49. The Morgan fingerprint density at radius 1 is 1.41 bits per heavy atom. The smallest absolute Gasteiger partial charge is 0.238 e. The standard InChI is InChI=1S/C19H22N4O4/c1-11-21-15(27-22-11)8-5-9-23-18(25)16(17(20)24)13-10-19(23,2)26-14-7-4-3-6-12(13)14/h3-4,6-7,13,16H,5,8-10H2,1-2H3,(H2,20,24)/t13-,16+,19+/m0/s1. The first kappa shape index (κ1) is 17.5. The van der Waals surface area contributed by atoms with Crippen LogP contribution in [0.5, 0.6) is 5.75 Å². The summed E-state index contributed by atoms with van der Waals surface area (Å²) in [6, 6.07) is 7.53. The van der Waals surface area contributed by atoms with Crippen LogP contribution in [0, 0.1) is 12.8 Å². The van der Waals surface area contributed by atoms with Crippen molar-refractivity contribution in [2.75, 3.05) is 6.54 Å². The minimum atomic E-state index is -0.881. The number of carbonyl (C=O) groups excluding carboxylic acids is 2.